The molecule has 0 aliphatic carbocycles. The van der Waals surface area contributed by atoms with Crippen molar-refractivity contribution >= 4 is 11.7 Å². The summed E-state index contributed by atoms with van der Waals surface area (Å²) in [5.74, 6) is 0.750. The Morgan fingerprint density at radius 3 is 3.07 bits per heavy atom. The molecule has 1 aromatic rings. The van der Waals surface area contributed by atoms with E-state index in [-0.39, 0.29) is 5.91 Å². The number of carbonyl (C=O) groups excluding carboxylic acids is 1. The summed E-state index contributed by atoms with van der Waals surface area (Å²) < 4.78 is 0. The molecule has 2 rings (SSSR count). The van der Waals surface area contributed by atoms with Gasteiger partial charge >= 0.3 is 0 Å². The zero-order chi connectivity index (χ0) is 10.7. The van der Waals surface area contributed by atoms with Crippen LogP contribution in [-0.4, -0.2) is 22.3 Å². The summed E-state index contributed by atoms with van der Waals surface area (Å²) in [5, 5.41) is 0. The van der Waals surface area contributed by atoms with E-state index in [0.29, 0.717) is 18.8 Å². The maximum atomic E-state index is 11.6. The van der Waals surface area contributed by atoms with Crippen LogP contribution in [-0.2, 0) is 11.3 Å². The molecule has 0 atom stereocenters. The largest absolute Gasteiger partial charge is 0.383 e. The number of carbonyl (C=O) groups is 1. The first-order chi connectivity index (χ1) is 7.27. The molecule has 2 heterocycles. The molecule has 80 valence electrons. The second-order valence-electron chi connectivity index (χ2n) is 3.82. The Balaban J connectivity index is 2.08. The second-order valence-corrected chi connectivity index (χ2v) is 3.82. The topological polar surface area (TPSA) is 59.2 Å². The van der Waals surface area contributed by atoms with E-state index in [1.165, 1.54) is 0 Å². The standard InChI is InChI=1S/C11H15N3O/c12-11-9(4-3-6-13-11)8-14-7-2-1-5-10(14)15/h3-4,6H,1-2,5,7-8H2,(H2,12,13). The summed E-state index contributed by atoms with van der Waals surface area (Å²) in [7, 11) is 0. The van der Waals surface area contributed by atoms with Gasteiger partial charge in [0.25, 0.3) is 0 Å². The van der Waals surface area contributed by atoms with Gasteiger partial charge in [-0.2, -0.15) is 0 Å². The number of hydrogen-bond acceptors (Lipinski definition) is 3. The Kier molecular flexibility index (Phi) is 2.85. The number of anilines is 1. The lowest BCUT2D eigenvalue weighted by Crippen LogP contribution is -2.34. The molecule has 1 aromatic heterocycles. The number of aromatic nitrogens is 1. The number of likely N-dealkylation sites (tertiary alicyclic amines) is 1. The first-order valence-corrected chi connectivity index (χ1v) is 5.24. The molecule has 1 aliphatic heterocycles. The second kappa shape index (κ2) is 4.29. The van der Waals surface area contributed by atoms with Gasteiger partial charge in [-0.05, 0) is 18.9 Å². The highest BCUT2D eigenvalue weighted by atomic mass is 16.2. The van der Waals surface area contributed by atoms with E-state index in [1.807, 2.05) is 17.0 Å². The van der Waals surface area contributed by atoms with Crippen molar-refractivity contribution in [3.63, 3.8) is 0 Å². The number of nitrogen functional groups attached to an aromatic ring is 1. The molecule has 1 aliphatic rings. The average Bonchev–Trinajstić information content (AvgIpc) is 2.24. The summed E-state index contributed by atoms with van der Waals surface area (Å²) in [4.78, 5) is 17.4. The van der Waals surface area contributed by atoms with Gasteiger partial charge in [-0.3, -0.25) is 4.79 Å². The predicted molar refractivity (Wildman–Crippen MR) is 57.9 cm³/mol. The van der Waals surface area contributed by atoms with Crippen LogP contribution in [0, 0.1) is 0 Å². The maximum Gasteiger partial charge on any atom is 0.222 e. The average molecular weight is 205 g/mol. The fraction of sp³-hybridized carbons (Fsp3) is 0.455. The van der Waals surface area contributed by atoms with Gasteiger partial charge in [0.15, 0.2) is 0 Å². The molecule has 4 heteroatoms. The Morgan fingerprint density at radius 2 is 2.33 bits per heavy atom. The SMILES string of the molecule is Nc1ncccc1CN1CCCCC1=O. The Bertz CT molecular complexity index is 365. The van der Waals surface area contributed by atoms with Crippen molar-refractivity contribution in [2.45, 2.75) is 25.8 Å². The van der Waals surface area contributed by atoms with Crippen LogP contribution in [0.15, 0.2) is 18.3 Å². The van der Waals surface area contributed by atoms with Gasteiger partial charge in [-0.25, -0.2) is 4.98 Å². The van der Waals surface area contributed by atoms with E-state index in [4.69, 9.17) is 5.73 Å². The highest BCUT2D eigenvalue weighted by Gasteiger charge is 2.18. The van der Waals surface area contributed by atoms with Crippen molar-refractivity contribution in [2.24, 2.45) is 0 Å². The normalized spacial score (nSPS) is 16.8. The van der Waals surface area contributed by atoms with E-state index >= 15 is 0 Å². The van der Waals surface area contributed by atoms with Crippen molar-refractivity contribution in [1.29, 1.82) is 0 Å². The van der Waals surface area contributed by atoms with Crippen molar-refractivity contribution in [1.82, 2.24) is 9.88 Å². The van der Waals surface area contributed by atoms with Gasteiger partial charge in [-0.15, -0.1) is 0 Å². The molecule has 1 saturated heterocycles. The number of nitrogens with zero attached hydrogens (tertiary/aromatic N) is 2. The van der Waals surface area contributed by atoms with E-state index in [9.17, 15) is 4.79 Å². The highest BCUT2D eigenvalue weighted by molar-refractivity contribution is 5.76. The lowest BCUT2D eigenvalue weighted by molar-refractivity contribution is -0.133. The quantitative estimate of drug-likeness (QED) is 0.788. The third kappa shape index (κ3) is 2.26. The van der Waals surface area contributed by atoms with Crippen molar-refractivity contribution < 1.29 is 4.79 Å². The molecule has 0 bridgehead atoms. The molecule has 0 radical (unpaired) electrons. The summed E-state index contributed by atoms with van der Waals surface area (Å²) in [6.07, 6.45) is 4.43. The monoisotopic (exact) mass is 205 g/mol. The molecule has 4 nitrogen and oxygen atoms in total. The smallest absolute Gasteiger partial charge is 0.222 e. The number of pyridine rings is 1. The zero-order valence-electron chi connectivity index (χ0n) is 8.65. The zero-order valence-corrected chi connectivity index (χ0v) is 8.65. The molecule has 0 saturated carbocycles. The number of piperidine rings is 1. The van der Waals surface area contributed by atoms with Crippen LogP contribution in [0.5, 0.6) is 0 Å². The van der Waals surface area contributed by atoms with Gasteiger partial charge in [0.05, 0.1) is 0 Å². The van der Waals surface area contributed by atoms with E-state index in [2.05, 4.69) is 4.98 Å². The molecular weight excluding hydrogens is 190 g/mol. The minimum absolute atomic E-state index is 0.226. The van der Waals surface area contributed by atoms with Crippen molar-refractivity contribution in [3.05, 3.63) is 23.9 Å². The molecule has 0 unspecified atom stereocenters. The summed E-state index contributed by atoms with van der Waals surface area (Å²) in [5.41, 5.74) is 6.67. The fourth-order valence-corrected chi connectivity index (χ4v) is 1.82. The van der Waals surface area contributed by atoms with E-state index in [0.717, 1.165) is 24.9 Å². The van der Waals surface area contributed by atoms with Crippen LogP contribution in [0.4, 0.5) is 5.82 Å². The van der Waals surface area contributed by atoms with E-state index in [1.54, 1.807) is 6.20 Å². The Labute approximate surface area is 89.1 Å². The molecule has 2 N–H and O–H groups in total. The van der Waals surface area contributed by atoms with Crippen LogP contribution in [0.2, 0.25) is 0 Å². The first-order valence-electron chi connectivity index (χ1n) is 5.24. The third-order valence-electron chi connectivity index (χ3n) is 2.71. The first kappa shape index (κ1) is 9.96. The fourth-order valence-electron chi connectivity index (χ4n) is 1.82. The number of nitrogens with two attached hydrogens (primary N) is 1. The summed E-state index contributed by atoms with van der Waals surface area (Å²) in [6.45, 7) is 1.44. The van der Waals surface area contributed by atoms with Crippen molar-refractivity contribution in [3.8, 4) is 0 Å². The number of hydrogen-bond donors (Lipinski definition) is 1. The lowest BCUT2D eigenvalue weighted by atomic mass is 10.1. The predicted octanol–water partition coefficient (Wildman–Crippen LogP) is 1.18. The molecule has 15 heavy (non-hydrogen) atoms. The number of amides is 1. The van der Waals surface area contributed by atoms with Crippen LogP contribution in [0.25, 0.3) is 0 Å². The van der Waals surface area contributed by atoms with Crippen LogP contribution >= 0.6 is 0 Å². The Morgan fingerprint density at radius 1 is 1.47 bits per heavy atom. The summed E-state index contributed by atoms with van der Waals surface area (Å²) >= 11 is 0. The molecule has 1 amide bonds. The molecular formula is C11H15N3O. The molecule has 0 spiro atoms. The lowest BCUT2D eigenvalue weighted by Gasteiger charge is -2.26. The minimum atomic E-state index is 0.226. The molecule has 1 fully saturated rings. The van der Waals surface area contributed by atoms with E-state index < -0.39 is 0 Å². The van der Waals surface area contributed by atoms with Crippen molar-refractivity contribution in [2.75, 3.05) is 12.3 Å². The number of rotatable bonds is 2. The minimum Gasteiger partial charge on any atom is -0.383 e. The Hall–Kier alpha value is -1.58. The van der Waals surface area contributed by atoms with Gasteiger partial charge in [0.1, 0.15) is 5.82 Å². The maximum absolute atomic E-state index is 11.6. The highest BCUT2D eigenvalue weighted by Crippen LogP contribution is 2.16. The van der Waals surface area contributed by atoms with Gasteiger partial charge < -0.3 is 10.6 Å². The van der Waals surface area contributed by atoms with Crippen LogP contribution in [0.1, 0.15) is 24.8 Å². The third-order valence-corrected chi connectivity index (χ3v) is 2.71. The van der Waals surface area contributed by atoms with Gasteiger partial charge in [0, 0.05) is 31.3 Å². The van der Waals surface area contributed by atoms with Gasteiger partial charge in [-0.1, -0.05) is 6.07 Å². The van der Waals surface area contributed by atoms with Crippen LogP contribution < -0.4 is 5.73 Å². The summed E-state index contributed by atoms with van der Waals surface area (Å²) in [6, 6.07) is 3.77. The van der Waals surface area contributed by atoms with Gasteiger partial charge in [0.2, 0.25) is 5.91 Å². The van der Waals surface area contributed by atoms with Crippen LogP contribution in [0.3, 0.4) is 0 Å². The molecule has 0 aromatic carbocycles.